The molecule has 2 aliphatic rings. The highest BCUT2D eigenvalue weighted by atomic mass is 35.5. The van der Waals surface area contributed by atoms with Crippen LogP contribution >= 0.6 is 12.4 Å². The third-order valence-corrected chi connectivity index (χ3v) is 5.35. The molecule has 10 heteroatoms. The van der Waals surface area contributed by atoms with E-state index in [9.17, 15) is 9.90 Å². The fourth-order valence-corrected chi connectivity index (χ4v) is 3.19. The Labute approximate surface area is 148 Å². The monoisotopic (exact) mass is 360 g/mol. The van der Waals surface area contributed by atoms with E-state index < -0.39 is 11.5 Å². The summed E-state index contributed by atoms with van der Waals surface area (Å²) in [4.78, 5) is 14.3. The van der Waals surface area contributed by atoms with Gasteiger partial charge in [0.2, 0.25) is 0 Å². The fraction of sp³-hybridized carbons (Fsp3) is 0.929. The second-order valence-electron chi connectivity index (χ2n) is 7.36. The molecule has 2 saturated heterocycles. The predicted molar refractivity (Wildman–Crippen MR) is 93.2 cm³/mol. The van der Waals surface area contributed by atoms with E-state index in [4.69, 9.17) is 14.8 Å². The number of nitrogens with one attached hydrogen (secondary N) is 1. The van der Waals surface area contributed by atoms with Gasteiger partial charge in [-0.1, -0.05) is 11.5 Å². The van der Waals surface area contributed by atoms with Crippen molar-refractivity contribution in [3.05, 3.63) is 10.4 Å². The molecule has 0 amide bonds. The number of carbonyl (C=O) groups is 1. The minimum Gasteiger partial charge on any atom is -0.481 e. The Balaban J connectivity index is 0.00000288. The quantitative estimate of drug-likeness (QED) is 0.327. The number of rotatable bonds is 6. The van der Waals surface area contributed by atoms with Gasteiger partial charge in [0.15, 0.2) is 5.54 Å². The molecular weight excluding hydrogens is 334 g/mol. The van der Waals surface area contributed by atoms with Crippen LogP contribution in [0.3, 0.4) is 0 Å². The lowest BCUT2D eigenvalue weighted by Gasteiger charge is -2.32. The maximum absolute atomic E-state index is 11.6. The van der Waals surface area contributed by atoms with Crippen LogP contribution < -0.4 is 5.32 Å². The van der Waals surface area contributed by atoms with Gasteiger partial charge in [-0.05, 0) is 58.4 Å². The second kappa shape index (κ2) is 7.50. The standard InChI is InChI=1S/C14H25BN4O4.ClH/c1-12(2)13(3,4)23-15(22-12)7-5-6-10-8-17-9-14(10,11(20)21)18-19-16;/h10,17H,5-9H2,1-4H3,(H,20,21);1H/t10-,14-;/m0./s1. The Morgan fingerprint density at radius 3 is 2.46 bits per heavy atom. The van der Waals surface area contributed by atoms with Gasteiger partial charge in [-0.2, -0.15) is 0 Å². The number of nitrogens with zero attached hydrogens (tertiary/aromatic N) is 3. The van der Waals surface area contributed by atoms with Gasteiger partial charge in [-0.25, -0.2) is 0 Å². The van der Waals surface area contributed by atoms with Gasteiger partial charge in [0.25, 0.3) is 0 Å². The summed E-state index contributed by atoms with van der Waals surface area (Å²) in [7, 11) is -0.284. The molecule has 8 nitrogen and oxygen atoms in total. The van der Waals surface area contributed by atoms with Gasteiger partial charge >= 0.3 is 13.1 Å². The summed E-state index contributed by atoms with van der Waals surface area (Å²) in [6, 6.07) is 0. The molecule has 0 aromatic heterocycles. The van der Waals surface area contributed by atoms with Crippen LogP contribution in [0.1, 0.15) is 40.5 Å². The maximum Gasteiger partial charge on any atom is 0.457 e. The fourth-order valence-electron chi connectivity index (χ4n) is 3.19. The molecule has 2 fully saturated rings. The molecule has 0 radical (unpaired) electrons. The lowest BCUT2D eigenvalue weighted by atomic mass is 9.78. The average molecular weight is 361 g/mol. The number of aliphatic carboxylic acids is 1. The van der Waals surface area contributed by atoms with Crippen LogP contribution in [-0.4, -0.2) is 48.0 Å². The van der Waals surface area contributed by atoms with Gasteiger partial charge in [0.1, 0.15) is 0 Å². The Morgan fingerprint density at radius 1 is 1.38 bits per heavy atom. The van der Waals surface area contributed by atoms with Crippen molar-refractivity contribution in [3.63, 3.8) is 0 Å². The smallest absolute Gasteiger partial charge is 0.457 e. The summed E-state index contributed by atoms with van der Waals surface area (Å²) in [6.07, 6.45) is 2.08. The van der Waals surface area contributed by atoms with Crippen LogP contribution in [0.4, 0.5) is 0 Å². The predicted octanol–water partition coefficient (Wildman–Crippen LogP) is 2.63. The van der Waals surface area contributed by atoms with Gasteiger partial charge in [0, 0.05) is 11.5 Å². The Bertz CT molecular complexity index is 507. The Kier molecular flexibility index (Phi) is 6.58. The third-order valence-electron chi connectivity index (χ3n) is 5.35. The molecule has 0 unspecified atom stereocenters. The molecule has 136 valence electrons. The maximum atomic E-state index is 11.6. The zero-order valence-electron chi connectivity index (χ0n) is 14.6. The molecule has 0 spiro atoms. The highest BCUT2D eigenvalue weighted by Crippen LogP contribution is 2.39. The lowest BCUT2D eigenvalue weighted by molar-refractivity contribution is -0.144. The van der Waals surface area contributed by atoms with Crippen molar-refractivity contribution in [1.29, 1.82) is 0 Å². The summed E-state index contributed by atoms with van der Waals surface area (Å²) < 4.78 is 11.9. The summed E-state index contributed by atoms with van der Waals surface area (Å²) in [5.41, 5.74) is 6.60. The summed E-state index contributed by atoms with van der Waals surface area (Å²) in [6.45, 7) is 8.73. The van der Waals surface area contributed by atoms with Crippen molar-refractivity contribution in [2.24, 2.45) is 11.0 Å². The average Bonchev–Trinajstić information content (AvgIpc) is 2.90. The second-order valence-corrected chi connectivity index (χ2v) is 7.36. The molecule has 0 saturated carbocycles. The van der Waals surface area contributed by atoms with Crippen molar-refractivity contribution in [1.82, 2.24) is 5.32 Å². The van der Waals surface area contributed by atoms with Crippen LogP contribution in [0.2, 0.25) is 6.32 Å². The molecule has 2 heterocycles. The van der Waals surface area contributed by atoms with Gasteiger partial charge in [-0.3, -0.25) is 4.79 Å². The molecule has 0 aliphatic carbocycles. The first kappa shape index (κ1) is 21.1. The molecular formula is C14H26BClN4O4. The van der Waals surface area contributed by atoms with Gasteiger partial charge in [0.05, 0.1) is 11.2 Å². The van der Waals surface area contributed by atoms with Crippen molar-refractivity contribution >= 4 is 25.5 Å². The summed E-state index contributed by atoms with van der Waals surface area (Å²) in [5, 5.41) is 16.1. The van der Waals surface area contributed by atoms with E-state index in [0.717, 1.165) is 6.42 Å². The lowest BCUT2D eigenvalue weighted by Crippen LogP contribution is -2.44. The topological polar surface area (TPSA) is 117 Å². The van der Waals surface area contributed by atoms with Crippen LogP contribution in [0, 0.1) is 5.92 Å². The molecule has 2 N–H and O–H groups in total. The van der Waals surface area contributed by atoms with E-state index in [1.165, 1.54) is 0 Å². The van der Waals surface area contributed by atoms with Gasteiger partial charge < -0.3 is 19.7 Å². The van der Waals surface area contributed by atoms with Crippen molar-refractivity contribution in [2.75, 3.05) is 13.1 Å². The number of azide groups is 1. The van der Waals surface area contributed by atoms with Crippen LogP contribution in [0.25, 0.3) is 10.4 Å². The highest BCUT2D eigenvalue weighted by molar-refractivity contribution is 6.45. The molecule has 2 atom stereocenters. The Hall–Kier alpha value is -0.985. The molecule has 2 aliphatic heterocycles. The van der Waals surface area contributed by atoms with E-state index in [0.29, 0.717) is 19.3 Å². The van der Waals surface area contributed by atoms with Crippen molar-refractivity contribution in [2.45, 2.75) is 63.6 Å². The minimum atomic E-state index is -1.38. The first-order chi connectivity index (χ1) is 10.6. The van der Waals surface area contributed by atoms with Crippen LogP contribution in [0.5, 0.6) is 0 Å². The number of halogens is 1. The molecule has 2 rings (SSSR count). The minimum absolute atomic E-state index is 0. The zero-order valence-corrected chi connectivity index (χ0v) is 15.4. The van der Waals surface area contributed by atoms with Gasteiger partial charge in [-0.15, -0.1) is 12.4 Å². The highest BCUT2D eigenvalue weighted by Gasteiger charge is 2.51. The van der Waals surface area contributed by atoms with Crippen LogP contribution in [0.15, 0.2) is 5.11 Å². The number of hydrogen-bond donors (Lipinski definition) is 2. The normalized spacial score (nSPS) is 30.5. The summed E-state index contributed by atoms with van der Waals surface area (Å²) in [5.74, 6) is -1.29. The van der Waals surface area contributed by atoms with E-state index in [1.54, 1.807) is 0 Å². The van der Waals surface area contributed by atoms with Crippen LogP contribution in [-0.2, 0) is 14.1 Å². The molecule has 0 aromatic rings. The summed E-state index contributed by atoms with van der Waals surface area (Å²) >= 11 is 0. The zero-order chi connectivity index (χ0) is 17.3. The largest absolute Gasteiger partial charge is 0.481 e. The molecule has 24 heavy (non-hydrogen) atoms. The molecule has 0 bridgehead atoms. The number of carboxylic acid groups (broad SMARTS) is 1. The van der Waals surface area contributed by atoms with Crippen molar-refractivity contribution in [3.8, 4) is 0 Å². The third kappa shape index (κ3) is 3.81. The number of carboxylic acids is 1. The van der Waals surface area contributed by atoms with E-state index in [1.807, 2.05) is 27.7 Å². The van der Waals surface area contributed by atoms with E-state index in [-0.39, 0.29) is 43.2 Å². The Morgan fingerprint density at radius 2 is 1.96 bits per heavy atom. The molecule has 0 aromatic carbocycles. The number of hydrogen-bond acceptors (Lipinski definition) is 5. The van der Waals surface area contributed by atoms with Crippen molar-refractivity contribution < 1.29 is 19.2 Å². The first-order valence-electron chi connectivity index (χ1n) is 8.01. The first-order valence-corrected chi connectivity index (χ1v) is 8.01. The SMILES string of the molecule is CC1(C)OB(CCC[C@H]2CNC[C@@]2(N=[N+]=[N-])C(=O)O)OC1(C)C.Cl. The van der Waals surface area contributed by atoms with E-state index >= 15 is 0 Å². The van der Waals surface area contributed by atoms with E-state index in [2.05, 4.69) is 15.3 Å².